The standard InChI is InChI=1S/C14H16N4O3/c1-10-8-13(19)18(16-9-10)6-7-21-12-4-2-11(3-5-12)14(20)17-15/h2-5,8-9H,6-7,15H2,1H3,(H,17,20). The van der Waals surface area contributed by atoms with Crippen LogP contribution in [-0.4, -0.2) is 22.3 Å². The summed E-state index contributed by atoms with van der Waals surface area (Å²) in [5.74, 6) is 5.28. The zero-order valence-corrected chi connectivity index (χ0v) is 11.6. The Morgan fingerprint density at radius 2 is 2.10 bits per heavy atom. The van der Waals surface area contributed by atoms with Gasteiger partial charge in [-0.2, -0.15) is 5.10 Å². The molecule has 0 aliphatic rings. The van der Waals surface area contributed by atoms with Crippen LogP contribution in [0.4, 0.5) is 0 Å². The van der Waals surface area contributed by atoms with Gasteiger partial charge in [0.25, 0.3) is 11.5 Å². The first-order valence-corrected chi connectivity index (χ1v) is 6.38. The average Bonchev–Trinajstić information content (AvgIpc) is 2.49. The first kappa shape index (κ1) is 14.7. The molecule has 1 amide bonds. The second-order valence-electron chi connectivity index (χ2n) is 4.44. The van der Waals surface area contributed by atoms with Gasteiger partial charge >= 0.3 is 0 Å². The number of ether oxygens (including phenoxy) is 1. The van der Waals surface area contributed by atoms with Gasteiger partial charge in [0.05, 0.1) is 12.7 Å². The summed E-state index contributed by atoms with van der Waals surface area (Å²) < 4.78 is 6.84. The molecule has 0 unspecified atom stereocenters. The number of nitrogens with one attached hydrogen (secondary N) is 1. The van der Waals surface area contributed by atoms with Gasteiger partial charge in [-0.05, 0) is 36.8 Å². The Kier molecular flexibility index (Phi) is 4.68. The lowest BCUT2D eigenvalue weighted by Gasteiger charge is -2.08. The van der Waals surface area contributed by atoms with Gasteiger partial charge in [0.15, 0.2) is 0 Å². The molecule has 0 fully saturated rings. The third kappa shape index (κ3) is 3.90. The minimum atomic E-state index is -0.364. The van der Waals surface area contributed by atoms with E-state index in [-0.39, 0.29) is 11.5 Å². The number of amides is 1. The van der Waals surface area contributed by atoms with Gasteiger partial charge in [-0.25, -0.2) is 10.5 Å². The molecule has 0 aliphatic carbocycles. The molecule has 0 atom stereocenters. The number of nitrogens with two attached hydrogens (primary N) is 1. The maximum Gasteiger partial charge on any atom is 0.267 e. The van der Waals surface area contributed by atoms with Crippen molar-refractivity contribution in [1.82, 2.24) is 15.2 Å². The lowest BCUT2D eigenvalue weighted by Crippen LogP contribution is -2.29. The Morgan fingerprint density at radius 3 is 2.71 bits per heavy atom. The van der Waals surface area contributed by atoms with Crippen LogP contribution in [0.5, 0.6) is 5.75 Å². The number of carbonyl (C=O) groups is 1. The summed E-state index contributed by atoms with van der Waals surface area (Å²) in [5.41, 5.74) is 3.16. The van der Waals surface area contributed by atoms with Crippen molar-refractivity contribution in [3.8, 4) is 5.75 Å². The molecule has 3 N–H and O–H groups in total. The van der Waals surface area contributed by atoms with E-state index in [1.807, 2.05) is 6.92 Å². The minimum Gasteiger partial charge on any atom is -0.492 e. The molecule has 0 saturated heterocycles. The van der Waals surface area contributed by atoms with Crippen molar-refractivity contribution < 1.29 is 9.53 Å². The summed E-state index contributed by atoms with van der Waals surface area (Å²) in [4.78, 5) is 22.9. The zero-order valence-electron chi connectivity index (χ0n) is 11.6. The molecule has 1 aromatic heterocycles. The number of hydrogen-bond acceptors (Lipinski definition) is 5. The van der Waals surface area contributed by atoms with E-state index in [1.165, 1.54) is 10.7 Å². The molecule has 7 heteroatoms. The van der Waals surface area contributed by atoms with Crippen LogP contribution in [0.3, 0.4) is 0 Å². The lowest BCUT2D eigenvalue weighted by atomic mass is 10.2. The Balaban J connectivity index is 1.91. The van der Waals surface area contributed by atoms with E-state index < -0.39 is 0 Å². The molecule has 0 aliphatic heterocycles. The summed E-state index contributed by atoms with van der Waals surface area (Å²) in [6.07, 6.45) is 1.63. The van der Waals surface area contributed by atoms with E-state index in [2.05, 4.69) is 10.5 Å². The summed E-state index contributed by atoms with van der Waals surface area (Å²) in [6, 6.07) is 8.06. The van der Waals surface area contributed by atoms with Gasteiger partial charge in [-0.1, -0.05) is 0 Å². The van der Waals surface area contributed by atoms with Crippen LogP contribution in [0.15, 0.2) is 41.3 Å². The van der Waals surface area contributed by atoms with Crippen LogP contribution in [-0.2, 0) is 6.54 Å². The van der Waals surface area contributed by atoms with Gasteiger partial charge in [-0.3, -0.25) is 15.0 Å². The zero-order chi connectivity index (χ0) is 15.2. The monoisotopic (exact) mass is 288 g/mol. The molecular formula is C14H16N4O3. The second-order valence-corrected chi connectivity index (χ2v) is 4.44. The Labute approximate surface area is 121 Å². The number of aryl methyl sites for hydroxylation is 1. The summed E-state index contributed by atoms with van der Waals surface area (Å²) in [7, 11) is 0. The molecule has 1 aromatic carbocycles. The first-order chi connectivity index (χ1) is 10.1. The maximum atomic E-state index is 11.6. The minimum absolute atomic E-state index is 0.159. The Hall–Kier alpha value is -2.67. The van der Waals surface area contributed by atoms with Gasteiger partial charge in [0.1, 0.15) is 12.4 Å². The van der Waals surface area contributed by atoms with Crippen LogP contribution in [0.1, 0.15) is 15.9 Å². The predicted molar refractivity (Wildman–Crippen MR) is 76.8 cm³/mol. The second kappa shape index (κ2) is 6.67. The molecular weight excluding hydrogens is 272 g/mol. The highest BCUT2D eigenvalue weighted by Gasteiger charge is 2.03. The average molecular weight is 288 g/mol. The van der Waals surface area contributed by atoms with Crippen molar-refractivity contribution in [2.45, 2.75) is 13.5 Å². The highest BCUT2D eigenvalue weighted by Crippen LogP contribution is 2.11. The number of aromatic nitrogens is 2. The maximum absolute atomic E-state index is 11.6. The Morgan fingerprint density at radius 1 is 1.38 bits per heavy atom. The van der Waals surface area contributed by atoms with Crippen molar-refractivity contribution >= 4 is 5.91 Å². The molecule has 21 heavy (non-hydrogen) atoms. The summed E-state index contributed by atoms with van der Waals surface area (Å²) >= 11 is 0. The molecule has 7 nitrogen and oxygen atoms in total. The number of hydrazine groups is 1. The van der Waals surface area contributed by atoms with Gasteiger partial charge < -0.3 is 4.74 Å². The van der Waals surface area contributed by atoms with Crippen molar-refractivity contribution in [3.63, 3.8) is 0 Å². The number of hydrogen-bond donors (Lipinski definition) is 2. The molecule has 0 bridgehead atoms. The van der Waals surface area contributed by atoms with E-state index in [9.17, 15) is 9.59 Å². The fourth-order valence-corrected chi connectivity index (χ4v) is 1.73. The number of carbonyl (C=O) groups excluding carboxylic acids is 1. The fraction of sp³-hybridized carbons (Fsp3) is 0.214. The number of nitrogens with zero attached hydrogens (tertiary/aromatic N) is 2. The van der Waals surface area contributed by atoms with Gasteiger partial charge in [0.2, 0.25) is 0 Å². The van der Waals surface area contributed by atoms with Crippen molar-refractivity contribution in [3.05, 3.63) is 58.0 Å². The third-order valence-corrected chi connectivity index (χ3v) is 2.83. The highest BCUT2D eigenvalue weighted by atomic mass is 16.5. The van der Waals surface area contributed by atoms with Crippen LogP contribution in [0.2, 0.25) is 0 Å². The molecule has 2 rings (SSSR count). The first-order valence-electron chi connectivity index (χ1n) is 6.38. The van der Waals surface area contributed by atoms with E-state index in [4.69, 9.17) is 10.6 Å². The van der Waals surface area contributed by atoms with Crippen LogP contribution >= 0.6 is 0 Å². The van der Waals surface area contributed by atoms with Crippen LogP contribution < -0.4 is 21.6 Å². The van der Waals surface area contributed by atoms with Crippen molar-refractivity contribution in [2.24, 2.45) is 5.84 Å². The van der Waals surface area contributed by atoms with Gasteiger partial charge in [-0.15, -0.1) is 0 Å². The van der Waals surface area contributed by atoms with Crippen molar-refractivity contribution in [1.29, 1.82) is 0 Å². The normalized spacial score (nSPS) is 10.2. The topological polar surface area (TPSA) is 99.2 Å². The molecule has 2 aromatic rings. The smallest absolute Gasteiger partial charge is 0.267 e. The van der Waals surface area contributed by atoms with Crippen LogP contribution in [0, 0.1) is 6.92 Å². The molecule has 0 radical (unpaired) electrons. The van der Waals surface area contributed by atoms with Gasteiger partial charge in [0, 0.05) is 11.6 Å². The largest absolute Gasteiger partial charge is 0.492 e. The van der Waals surface area contributed by atoms with E-state index >= 15 is 0 Å². The van der Waals surface area contributed by atoms with Crippen molar-refractivity contribution in [2.75, 3.05) is 6.61 Å². The fourth-order valence-electron chi connectivity index (χ4n) is 1.73. The predicted octanol–water partition coefficient (Wildman–Crippen LogP) is 0.234. The molecule has 1 heterocycles. The quantitative estimate of drug-likeness (QED) is 0.466. The van der Waals surface area contributed by atoms with E-state index in [0.29, 0.717) is 24.5 Å². The highest BCUT2D eigenvalue weighted by molar-refractivity contribution is 5.93. The number of nitrogen functional groups attached to an aromatic ring is 1. The Bertz CT molecular complexity index is 679. The van der Waals surface area contributed by atoms with Crippen LogP contribution in [0.25, 0.3) is 0 Å². The summed E-state index contributed by atoms with van der Waals surface area (Å²) in [5, 5.41) is 4.01. The third-order valence-electron chi connectivity index (χ3n) is 2.83. The number of benzene rings is 1. The molecule has 110 valence electrons. The SMILES string of the molecule is Cc1cnn(CCOc2ccc(C(=O)NN)cc2)c(=O)c1. The summed E-state index contributed by atoms with van der Waals surface area (Å²) in [6.45, 7) is 2.47. The van der Waals surface area contributed by atoms with E-state index in [1.54, 1.807) is 30.5 Å². The lowest BCUT2D eigenvalue weighted by molar-refractivity contribution is 0.0953. The number of rotatable bonds is 5. The van der Waals surface area contributed by atoms with E-state index in [0.717, 1.165) is 5.56 Å². The molecule has 0 spiro atoms. The molecule has 0 saturated carbocycles.